The summed E-state index contributed by atoms with van der Waals surface area (Å²) in [5.74, 6) is 0.327. The fraction of sp³-hybridized carbons (Fsp3) is 0.350. The zero-order valence-electron chi connectivity index (χ0n) is 16.8. The summed E-state index contributed by atoms with van der Waals surface area (Å²) >= 11 is 0. The number of ether oxygens (including phenoxy) is 1. The average molecular weight is 448 g/mol. The lowest BCUT2D eigenvalue weighted by Gasteiger charge is -2.34. The van der Waals surface area contributed by atoms with Crippen LogP contribution in [0.25, 0.3) is 10.8 Å². The zero-order chi connectivity index (χ0) is 22.7. The molecule has 4 rings (SSSR count). The highest BCUT2D eigenvalue weighted by atomic mass is 19.4. The van der Waals surface area contributed by atoms with Crippen molar-refractivity contribution in [1.29, 1.82) is 0 Å². The summed E-state index contributed by atoms with van der Waals surface area (Å²) < 4.78 is 43.5. The number of alkyl halides is 3. The van der Waals surface area contributed by atoms with Crippen molar-refractivity contribution in [3.63, 3.8) is 0 Å². The Morgan fingerprint density at radius 3 is 2.38 bits per heavy atom. The summed E-state index contributed by atoms with van der Waals surface area (Å²) in [6.07, 6.45) is -2.86. The second kappa shape index (κ2) is 8.81. The molecule has 1 N–H and O–H groups in total. The van der Waals surface area contributed by atoms with E-state index in [4.69, 9.17) is 4.74 Å². The quantitative estimate of drug-likeness (QED) is 0.635. The molecule has 0 spiro atoms. The Morgan fingerprint density at radius 2 is 1.72 bits per heavy atom. The molecule has 0 aliphatic carbocycles. The molecular formula is C20H19F3N6O3. The Kier molecular flexibility index (Phi) is 5.93. The summed E-state index contributed by atoms with van der Waals surface area (Å²) in [5.41, 5.74) is -1.22. The van der Waals surface area contributed by atoms with Gasteiger partial charge >= 0.3 is 6.18 Å². The van der Waals surface area contributed by atoms with Gasteiger partial charge in [-0.25, -0.2) is 15.1 Å². The van der Waals surface area contributed by atoms with Crippen LogP contribution in [0.1, 0.15) is 12.0 Å². The van der Waals surface area contributed by atoms with E-state index in [1.165, 1.54) is 0 Å². The number of rotatable bonds is 5. The molecule has 1 aliphatic rings. The summed E-state index contributed by atoms with van der Waals surface area (Å²) in [6.45, 7) is 1.68. The van der Waals surface area contributed by atoms with Gasteiger partial charge in [-0.3, -0.25) is 9.59 Å². The molecule has 0 unspecified atom stereocenters. The van der Waals surface area contributed by atoms with Gasteiger partial charge in [0.25, 0.3) is 5.56 Å². The summed E-state index contributed by atoms with van der Waals surface area (Å²) in [4.78, 5) is 35.3. The molecule has 0 saturated carbocycles. The Balaban J connectivity index is 1.28. The molecule has 12 heteroatoms. The molecule has 1 aliphatic heterocycles. The number of aromatic nitrogens is 4. The lowest BCUT2D eigenvalue weighted by Crippen LogP contribution is -2.49. The third-order valence-electron chi connectivity index (χ3n) is 5.10. The molecule has 0 bridgehead atoms. The van der Waals surface area contributed by atoms with Crippen LogP contribution in [0.3, 0.4) is 0 Å². The predicted molar refractivity (Wildman–Crippen MR) is 108 cm³/mol. The minimum atomic E-state index is -4.48. The molecule has 0 radical (unpaired) electrons. The van der Waals surface area contributed by atoms with E-state index in [9.17, 15) is 22.8 Å². The highest BCUT2D eigenvalue weighted by molar-refractivity contribution is 5.85. The molecule has 3 heterocycles. The molecule has 9 nitrogen and oxygen atoms in total. The van der Waals surface area contributed by atoms with Crippen LogP contribution >= 0.6 is 0 Å². The smallest absolute Gasteiger partial charge is 0.419 e. The molecule has 1 aromatic carbocycles. The number of aromatic amines is 1. The first-order chi connectivity index (χ1) is 15.3. The molecule has 1 amide bonds. The van der Waals surface area contributed by atoms with Gasteiger partial charge < -0.3 is 14.5 Å². The molecule has 32 heavy (non-hydrogen) atoms. The largest absolute Gasteiger partial charge is 0.476 e. The standard InChI is InChI=1S/C20H19F3N6O3/c21-20(22,23)13-11-24-19(25-12-13)29-8-6-28(7-9-29)16(30)5-10-32-18-15-4-2-1-3-14(15)17(31)26-27-18/h1-4,11-12H,5-10H2,(H,26,31). The Labute approximate surface area is 179 Å². The number of fused-ring (bicyclic) bond motifs is 1. The maximum atomic E-state index is 12.6. The molecular weight excluding hydrogens is 429 g/mol. The Hall–Kier alpha value is -3.70. The minimum absolute atomic E-state index is 0.0874. The first-order valence-electron chi connectivity index (χ1n) is 9.85. The molecule has 1 saturated heterocycles. The second-order valence-corrected chi connectivity index (χ2v) is 7.14. The number of amides is 1. The highest BCUT2D eigenvalue weighted by Gasteiger charge is 2.32. The van der Waals surface area contributed by atoms with E-state index >= 15 is 0 Å². The zero-order valence-corrected chi connectivity index (χ0v) is 16.8. The third kappa shape index (κ3) is 4.63. The van der Waals surface area contributed by atoms with Gasteiger partial charge in [0.1, 0.15) is 0 Å². The van der Waals surface area contributed by atoms with Crippen molar-refractivity contribution in [2.45, 2.75) is 12.6 Å². The summed E-state index contributed by atoms with van der Waals surface area (Å²) in [7, 11) is 0. The van der Waals surface area contributed by atoms with Gasteiger partial charge in [0.2, 0.25) is 17.7 Å². The van der Waals surface area contributed by atoms with Gasteiger partial charge in [0.15, 0.2) is 0 Å². The molecule has 2 aromatic heterocycles. The van der Waals surface area contributed by atoms with Gasteiger partial charge in [0, 0.05) is 38.6 Å². The van der Waals surface area contributed by atoms with Crippen molar-refractivity contribution in [1.82, 2.24) is 25.1 Å². The van der Waals surface area contributed by atoms with Crippen LogP contribution in [0.2, 0.25) is 0 Å². The number of benzene rings is 1. The van der Waals surface area contributed by atoms with Gasteiger partial charge in [-0.15, -0.1) is 5.10 Å². The fourth-order valence-electron chi connectivity index (χ4n) is 3.38. The normalized spacial score (nSPS) is 14.6. The number of halogens is 3. The number of hydrogen-bond donors (Lipinski definition) is 1. The van der Waals surface area contributed by atoms with Crippen LogP contribution in [0, 0.1) is 0 Å². The van der Waals surface area contributed by atoms with E-state index in [1.807, 2.05) is 0 Å². The average Bonchev–Trinajstić information content (AvgIpc) is 2.80. The highest BCUT2D eigenvalue weighted by Crippen LogP contribution is 2.28. The summed E-state index contributed by atoms with van der Waals surface area (Å²) in [5, 5.41) is 7.29. The minimum Gasteiger partial charge on any atom is -0.476 e. The number of nitrogens with one attached hydrogen (secondary N) is 1. The van der Waals surface area contributed by atoms with Crippen molar-refractivity contribution < 1.29 is 22.7 Å². The Bertz CT molecular complexity index is 1160. The van der Waals surface area contributed by atoms with Crippen LogP contribution < -0.4 is 15.2 Å². The summed E-state index contributed by atoms with van der Waals surface area (Å²) in [6, 6.07) is 6.88. The van der Waals surface area contributed by atoms with Crippen LogP contribution in [0.5, 0.6) is 5.88 Å². The van der Waals surface area contributed by atoms with Crippen LogP contribution in [0.15, 0.2) is 41.5 Å². The number of carbonyl (C=O) groups excluding carboxylic acids is 1. The molecule has 1 fully saturated rings. The van der Waals surface area contributed by atoms with Crippen molar-refractivity contribution >= 4 is 22.6 Å². The number of anilines is 1. The number of piperazine rings is 1. The maximum Gasteiger partial charge on any atom is 0.419 e. The number of H-pyrrole nitrogens is 1. The molecule has 3 aromatic rings. The number of carbonyl (C=O) groups is 1. The molecule has 0 atom stereocenters. The van der Waals surface area contributed by atoms with Gasteiger partial charge in [-0.1, -0.05) is 12.1 Å². The van der Waals surface area contributed by atoms with Crippen LogP contribution in [-0.2, 0) is 11.0 Å². The van der Waals surface area contributed by atoms with Crippen molar-refractivity contribution in [3.05, 3.63) is 52.6 Å². The molecule has 168 valence electrons. The van der Waals surface area contributed by atoms with E-state index in [-0.39, 0.29) is 36.3 Å². The van der Waals surface area contributed by atoms with E-state index in [0.717, 1.165) is 12.4 Å². The van der Waals surface area contributed by atoms with E-state index in [1.54, 1.807) is 34.1 Å². The van der Waals surface area contributed by atoms with Gasteiger partial charge in [-0.2, -0.15) is 13.2 Å². The lowest BCUT2D eigenvalue weighted by molar-refractivity contribution is -0.138. The van der Waals surface area contributed by atoms with E-state index in [2.05, 4.69) is 20.2 Å². The van der Waals surface area contributed by atoms with Crippen LogP contribution in [0.4, 0.5) is 19.1 Å². The second-order valence-electron chi connectivity index (χ2n) is 7.14. The topological polar surface area (TPSA) is 104 Å². The number of hydrogen-bond acceptors (Lipinski definition) is 7. The fourth-order valence-corrected chi connectivity index (χ4v) is 3.38. The first-order valence-corrected chi connectivity index (χ1v) is 9.85. The predicted octanol–water partition coefficient (Wildman–Crippen LogP) is 1.85. The monoisotopic (exact) mass is 448 g/mol. The van der Waals surface area contributed by atoms with E-state index in [0.29, 0.717) is 37.0 Å². The SMILES string of the molecule is O=C(CCOc1n[nH]c(=O)c2ccccc12)N1CCN(c2ncc(C(F)(F)F)cn2)CC1. The third-order valence-corrected chi connectivity index (χ3v) is 5.10. The Morgan fingerprint density at radius 1 is 1.06 bits per heavy atom. The van der Waals surface area contributed by atoms with E-state index < -0.39 is 11.7 Å². The van der Waals surface area contributed by atoms with Gasteiger partial charge in [0.05, 0.1) is 29.4 Å². The number of nitrogens with zero attached hydrogens (tertiary/aromatic N) is 5. The van der Waals surface area contributed by atoms with Crippen molar-refractivity contribution in [2.24, 2.45) is 0 Å². The van der Waals surface area contributed by atoms with Crippen molar-refractivity contribution in [3.8, 4) is 5.88 Å². The maximum absolute atomic E-state index is 12.6. The van der Waals surface area contributed by atoms with Crippen LogP contribution in [-0.4, -0.2) is 63.8 Å². The lowest BCUT2D eigenvalue weighted by atomic mass is 10.2. The first kappa shape index (κ1) is 21.5. The van der Waals surface area contributed by atoms with Gasteiger partial charge in [-0.05, 0) is 12.1 Å². The van der Waals surface area contributed by atoms with Crippen molar-refractivity contribution in [2.75, 3.05) is 37.7 Å².